The fraction of sp³-hybridized carbons (Fsp3) is 0.211. The van der Waals surface area contributed by atoms with E-state index in [4.69, 9.17) is 0 Å². The van der Waals surface area contributed by atoms with Gasteiger partial charge in [0.15, 0.2) is 0 Å². The van der Waals surface area contributed by atoms with Crippen molar-refractivity contribution >= 4 is 16.7 Å². The minimum Gasteiger partial charge on any atom is -0.336 e. The molecule has 1 aromatic heterocycles. The zero-order chi connectivity index (χ0) is 18.3. The Bertz CT molecular complexity index is 1130. The molecule has 2 heterocycles. The summed E-state index contributed by atoms with van der Waals surface area (Å²) >= 11 is 0. The molecule has 6 nitrogen and oxygen atoms in total. The monoisotopic (exact) mass is 353 g/mol. The summed E-state index contributed by atoms with van der Waals surface area (Å²) in [6, 6.07) is 11.1. The van der Waals surface area contributed by atoms with Crippen LogP contribution in [0.4, 0.5) is 4.39 Å². The zero-order valence-corrected chi connectivity index (χ0v) is 13.9. The van der Waals surface area contributed by atoms with Crippen LogP contribution in [-0.2, 0) is 24.3 Å². The van der Waals surface area contributed by atoms with Crippen LogP contribution in [0, 0.1) is 5.82 Å². The smallest absolute Gasteiger partial charge is 0.273 e. The van der Waals surface area contributed by atoms with Crippen LogP contribution < -0.4 is 11.1 Å². The number of carbonyl (C=O) groups is 1. The molecule has 4 rings (SSSR count). The lowest BCUT2D eigenvalue weighted by Crippen LogP contribution is -2.41. The maximum absolute atomic E-state index is 13.4. The van der Waals surface area contributed by atoms with Crippen molar-refractivity contribution in [1.82, 2.24) is 14.7 Å². The summed E-state index contributed by atoms with van der Waals surface area (Å²) in [6.07, 6.45) is 0.629. The lowest BCUT2D eigenvalue weighted by molar-refractivity contribution is -0.133. The van der Waals surface area contributed by atoms with Crippen LogP contribution in [0.1, 0.15) is 11.1 Å². The molecule has 0 atom stereocenters. The Morgan fingerprint density at radius 1 is 1.08 bits per heavy atom. The predicted octanol–water partition coefficient (Wildman–Crippen LogP) is 1.41. The van der Waals surface area contributed by atoms with E-state index in [1.807, 2.05) is 0 Å². The van der Waals surface area contributed by atoms with Crippen LogP contribution in [0.2, 0.25) is 0 Å². The highest BCUT2D eigenvalue weighted by molar-refractivity contribution is 5.81. The maximum Gasteiger partial charge on any atom is 0.273 e. The number of rotatable bonds is 2. The summed E-state index contributed by atoms with van der Waals surface area (Å²) in [6.45, 7) is 0.520. The molecule has 26 heavy (non-hydrogen) atoms. The highest BCUT2D eigenvalue weighted by Gasteiger charge is 2.22. The normalized spacial score (nSPS) is 13.7. The number of nitrogens with zero attached hydrogens (tertiary/aromatic N) is 2. The van der Waals surface area contributed by atoms with Gasteiger partial charge in [-0.25, -0.2) is 9.07 Å². The van der Waals surface area contributed by atoms with E-state index in [0.717, 1.165) is 15.8 Å². The van der Waals surface area contributed by atoms with Gasteiger partial charge in [0.1, 0.15) is 12.4 Å². The summed E-state index contributed by atoms with van der Waals surface area (Å²) in [4.78, 5) is 38.8. The minimum absolute atomic E-state index is 0.260. The van der Waals surface area contributed by atoms with Crippen molar-refractivity contribution in [2.24, 2.45) is 0 Å². The fourth-order valence-corrected chi connectivity index (χ4v) is 3.33. The molecule has 0 radical (unpaired) electrons. The average molecular weight is 353 g/mol. The van der Waals surface area contributed by atoms with Crippen molar-refractivity contribution in [2.75, 3.05) is 6.54 Å². The van der Waals surface area contributed by atoms with Gasteiger partial charge in [-0.15, -0.1) is 0 Å². The van der Waals surface area contributed by atoms with Crippen LogP contribution >= 0.6 is 0 Å². The predicted molar refractivity (Wildman–Crippen MR) is 94.3 cm³/mol. The number of amides is 1. The van der Waals surface area contributed by atoms with Gasteiger partial charge in [0.2, 0.25) is 5.91 Å². The third kappa shape index (κ3) is 2.81. The van der Waals surface area contributed by atoms with Gasteiger partial charge >= 0.3 is 0 Å². The summed E-state index contributed by atoms with van der Waals surface area (Å²) in [7, 11) is 0. The SMILES string of the molecule is O=C(Cn1[nH]c(=O)c2ccccc2c1=O)N1CCc2ccc(F)cc2C1. The Morgan fingerprint density at radius 3 is 2.65 bits per heavy atom. The van der Waals surface area contributed by atoms with E-state index in [1.54, 1.807) is 35.2 Å². The number of hydrogen-bond acceptors (Lipinski definition) is 3. The number of aromatic nitrogens is 2. The minimum atomic E-state index is -0.419. The Kier molecular flexibility index (Phi) is 3.91. The van der Waals surface area contributed by atoms with Gasteiger partial charge in [-0.05, 0) is 41.8 Å². The number of H-pyrrole nitrogens is 1. The third-order valence-electron chi connectivity index (χ3n) is 4.71. The number of aromatic amines is 1. The standard InChI is InChI=1S/C19H16FN3O3/c20-14-6-5-12-7-8-22(10-13(12)9-14)17(24)11-23-19(26)16-4-2-1-3-15(16)18(25)21-23/h1-6,9H,7-8,10-11H2,(H,21,25). The Balaban J connectivity index is 1.61. The van der Waals surface area contributed by atoms with E-state index in [2.05, 4.69) is 5.10 Å². The molecule has 0 saturated carbocycles. The number of halogens is 1. The molecule has 3 aromatic rings. The highest BCUT2D eigenvalue weighted by Crippen LogP contribution is 2.20. The Labute approximate surface area is 147 Å². The first kappa shape index (κ1) is 16.3. The van der Waals surface area contributed by atoms with Crippen LogP contribution in [0.5, 0.6) is 0 Å². The number of benzene rings is 2. The van der Waals surface area contributed by atoms with Gasteiger partial charge in [-0.2, -0.15) is 0 Å². The topological polar surface area (TPSA) is 75.2 Å². The molecule has 132 valence electrons. The molecule has 0 bridgehead atoms. The van der Waals surface area contributed by atoms with E-state index in [1.165, 1.54) is 12.1 Å². The van der Waals surface area contributed by atoms with Gasteiger partial charge in [0, 0.05) is 13.1 Å². The molecule has 7 heteroatoms. The quantitative estimate of drug-likeness (QED) is 0.757. The van der Waals surface area contributed by atoms with Crippen LogP contribution in [0.15, 0.2) is 52.1 Å². The van der Waals surface area contributed by atoms with Crippen LogP contribution in [-0.4, -0.2) is 27.1 Å². The lowest BCUT2D eigenvalue weighted by atomic mass is 9.99. The Morgan fingerprint density at radius 2 is 1.85 bits per heavy atom. The molecule has 0 saturated heterocycles. The highest BCUT2D eigenvalue weighted by atomic mass is 19.1. The number of nitrogens with one attached hydrogen (secondary N) is 1. The molecule has 2 aromatic carbocycles. The number of fused-ring (bicyclic) bond motifs is 2. The second kappa shape index (κ2) is 6.25. The second-order valence-electron chi connectivity index (χ2n) is 6.36. The van der Waals surface area contributed by atoms with Crippen molar-refractivity contribution in [3.05, 3.63) is 80.1 Å². The molecule has 0 spiro atoms. The van der Waals surface area contributed by atoms with Gasteiger partial charge < -0.3 is 4.90 Å². The summed E-state index contributed by atoms with van der Waals surface area (Å²) < 4.78 is 14.5. The first-order valence-corrected chi connectivity index (χ1v) is 8.30. The summed E-state index contributed by atoms with van der Waals surface area (Å²) in [5.74, 6) is -0.638. The molecule has 1 aliphatic heterocycles. The first-order valence-electron chi connectivity index (χ1n) is 8.30. The van der Waals surface area contributed by atoms with Crippen LogP contribution in [0.3, 0.4) is 0 Å². The number of carbonyl (C=O) groups excluding carboxylic acids is 1. The van der Waals surface area contributed by atoms with E-state index >= 15 is 0 Å². The zero-order valence-electron chi connectivity index (χ0n) is 13.9. The molecule has 0 unspecified atom stereocenters. The van der Waals surface area contributed by atoms with E-state index in [-0.39, 0.29) is 23.7 Å². The van der Waals surface area contributed by atoms with E-state index in [0.29, 0.717) is 24.9 Å². The first-order chi connectivity index (χ1) is 12.5. The lowest BCUT2D eigenvalue weighted by Gasteiger charge is -2.29. The molecular weight excluding hydrogens is 337 g/mol. The van der Waals surface area contributed by atoms with E-state index in [9.17, 15) is 18.8 Å². The second-order valence-corrected chi connectivity index (χ2v) is 6.36. The molecule has 0 fully saturated rings. The molecule has 1 aliphatic rings. The van der Waals surface area contributed by atoms with E-state index < -0.39 is 11.1 Å². The molecule has 1 N–H and O–H groups in total. The average Bonchev–Trinajstić information content (AvgIpc) is 2.65. The van der Waals surface area contributed by atoms with Crippen molar-refractivity contribution in [3.8, 4) is 0 Å². The van der Waals surface area contributed by atoms with Crippen LogP contribution in [0.25, 0.3) is 10.8 Å². The number of hydrogen-bond donors (Lipinski definition) is 1. The summed E-state index contributed by atoms with van der Waals surface area (Å²) in [5.41, 5.74) is 0.951. The van der Waals surface area contributed by atoms with Crippen molar-refractivity contribution in [3.63, 3.8) is 0 Å². The van der Waals surface area contributed by atoms with Crippen molar-refractivity contribution in [2.45, 2.75) is 19.5 Å². The van der Waals surface area contributed by atoms with Gasteiger partial charge in [-0.1, -0.05) is 18.2 Å². The van der Waals surface area contributed by atoms with Gasteiger partial charge in [0.25, 0.3) is 11.1 Å². The maximum atomic E-state index is 13.4. The third-order valence-corrected chi connectivity index (χ3v) is 4.71. The van der Waals surface area contributed by atoms with Gasteiger partial charge in [-0.3, -0.25) is 19.5 Å². The van der Waals surface area contributed by atoms with Gasteiger partial charge in [0.05, 0.1) is 10.8 Å². The molecule has 1 amide bonds. The summed E-state index contributed by atoms with van der Waals surface area (Å²) in [5, 5.41) is 3.03. The molecule has 0 aliphatic carbocycles. The Hall–Kier alpha value is -3.22. The molecular formula is C19H16FN3O3. The van der Waals surface area contributed by atoms with Crippen molar-refractivity contribution < 1.29 is 9.18 Å². The fourth-order valence-electron chi connectivity index (χ4n) is 3.33. The van der Waals surface area contributed by atoms with Crippen molar-refractivity contribution in [1.29, 1.82) is 0 Å². The largest absolute Gasteiger partial charge is 0.336 e.